The maximum Gasteiger partial charge on any atom is 0.104 e. The van der Waals surface area contributed by atoms with Gasteiger partial charge in [-0.1, -0.05) is 6.92 Å². The summed E-state index contributed by atoms with van der Waals surface area (Å²) in [5.41, 5.74) is 0. The SMILES string of the molecule is CC[C@H](O)NC(C)C. The Hall–Kier alpha value is -0.0800. The smallest absolute Gasteiger partial charge is 0.104 e. The molecule has 8 heavy (non-hydrogen) atoms. The molecular weight excluding hydrogens is 102 g/mol. The summed E-state index contributed by atoms with van der Waals surface area (Å²) in [6.45, 7) is 5.97. The van der Waals surface area contributed by atoms with Crippen molar-refractivity contribution >= 4 is 0 Å². The van der Waals surface area contributed by atoms with Crippen LogP contribution in [0.5, 0.6) is 0 Å². The first kappa shape index (κ1) is 7.92. The van der Waals surface area contributed by atoms with Gasteiger partial charge in [0.05, 0.1) is 0 Å². The Morgan fingerprint density at radius 1 is 1.50 bits per heavy atom. The summed E-state index contributed by atoms with van der Waals surface area (Å²) in [5.74, 6) is 0. The Bertz CT molecular complexity index is 54.5. The van der Waals surface area contributed by atoms with Crippen LogP contribution in [0.4, 0.5) is 0 Å². The Morgan fingerprint density at radius 2 is 2.00 bits per heavy atom. The number of hydrogen-bond donors (Lipinski definition) is 2. The van der Waals surface area contributed by atoms with Gasteiger partial charge in [-0.2, -0.15) is 0 Å². The average molecular weight is 117 g/mol. The Morgan fingerprint density at radius 3 is 2.12 bits per heavy atom. The van der Waals surface area contributed by atoms with Gasteiger partial charge in [-0.15, -0.1) is 0 Å². The molecule has 2 N–H and O–H groups in total. The molecule has 0 fully saturated rings. The zero-order chi connectivity index (χ0) is 6.57. The van der Waals surface area contributed by atoms with Gasteiger partial charge in [0.25, 0.3) is 0 Å². The van der Waals surface area contributed by atoms with E-state index < -0.39 is 0 Å². The molecule has 50 valence electrons. The highest BCUT2D eigenvalue weighted by Gasteiger charge is 1.99. The summed E-state index contributed by atoms with van der Waals surface area (Å²) < 4.78 is 0. The number of hydrogen-bond acceptors (Lipinski definition) is 2. The molecule has 0 aromatic carbocycles. The molecule has 0 saturated heterocycles. The molecule has 0 unspecified atom stereocenters. The van der Waals surface area contributed by atoms with Crippen LogP contribution < -0.4 is 5.32 Å². The van der Waals surface area contributed by atoms with Crippen molar-refractivity contribution in [1.82, 2.24) is 5.32 Å². The Kier molecular flexibility index (Phi) is 3.83. The third-order valence-electron chi connectivity index (χ3n) is 0.912. The molecule has 0 rings (SSSR count). The van der Waals surface area contributed by atoms with E-state index in [0.29, 0.717) is 6.04 Å². The fourth-order valence-electron chi connectivity index (χ4n) is 0.503. The summed E-state index contributed by atoms with van der Waals surface area (Å²) in [6, 6.07) is 0.380. The van der Waals surface area contributed by atoms with Gasteiger partial charge < -0.3 is 5.11 Å². The van der Waals surface area contributed by atoms with Crippen molar-refractivity contribution in [3.8, 4) is 0 Å². The highest BCUT2D eigenvalue weighted by Crippen LogP contribution is 1.86. The predicted octanol–water partition coefficient (Wildman–Crippen LogP) is 0.713. The molecule has 0 aromatic rings. The van der Waals surface area contributed by atoms with E-state index in [1.54, 1.807) is 0 Å². The molecule has 0 heterocycles. The first-order chi connectivity index (χ1) is 3.66. The monoisotopic (exact) mass is 117 g/mol. The van der Waals surface area contributed by atoms with Crippen molar-refractivity contribution < 1.29 is 5.11 Å². The lowest BCUT2D eigenvalue weighted by Gasteiger charge is -2.12. The van der Waals surface area contributed by atoms with Crippen molar-refractivity contribution in [3.05, 3.63) is 0 Å². The van der Waals surface area contributed by atoms with Crippen LogP contribution in [0.3, 0.4) is 0 Å². The average Bonchev–Trinajstić information content (AvgIpc) is 1.65. The maximum atomic E-state index is 8.92. The molecule has 2 nitrogen and oxygen atoms in total. The molecule has 2 heteroatoms. The van der Waals surface area contributed by atoms with Crippen LogP contribution in [0.25, 0.3) is 0 Å². The minimum Gasteiger partial charge on any atom is -0.379 e. The molecule has 0 spiro atoms. The van der Waals surface area contributed by atoms with Crippen LogP contribution in [0, 0.1) is 0 Å². The third kappa shape index (κ3) is 4.09. The van der Waals surface area contributed by atoms with Gasteiger partial charge in [-0.3, -0.25) is 5.32 Å². The van der Waals surface area contributed by atoms with Crippen molar-refractivity contribution in [1.29, 1.82) is 0 Å². The topological polar surface area (TPSA) is 32.3 Å². The maximum absolute atomic E-state index is 8.92. The lowest BCUT2D eigenvalue weighted by atomic mass is 10.3. The lowest BCUT2D eigenvalue weighted by molar-refractivity contribution is 0.123. The summed E-state index contributed by atoms with van der Waals surface area (Å²) in [5, 5.41) is 11.9. The minimum atomic E-state index is -0.324. The lowest BCUT2D eigenvalue weighted by Crippen LogP contribution is -2.33. The second-order valence-corrected chi connectivity index (χ2v) is 2.25. The van der Waals surface area contributed by atoms with Gasteiger partial charge in [0.1, 0.15) is 6.23 Å². The third-order valence-corrected chi connectivity index (χ3v) is 0.912. The van der Waals surface area contributed by atoms with E-state index in [1.165, 1.54) is 0 Å². The van der Waals surface area contributed by atoms with Crippen molar-refractivity contribution in [3.63, 3.8) is 0 Å². The number of rotatable bonds is 3. The van der Waals surface area contributed by atoms with Crippen LogP contribution >= 0.6 is 0 Å². The number of aliphatic hydroxyl groups excluding tert-OH is 1. The fraction of sp³-hybridized carbons (Fsp3) is 1.00. The first-order valence-corrected chi connectivity index (χ1v) is 3.11. The van der Waals surface area contributed by atoms with Gasteiger partial charge in [0.15, 0.2) is 0 Å². The molecule has 0 saturated carbocycles. The van der Waals surface area contributed by atoms with Crippen LogP contribution in [0.2, 0.25) is 0 Å². The zero-order valence-electron chi connectivity index (χ0n) is 5.81. The molecule has 0 aromatic heterocycles. The van der Waals surface area contributed by atoms with Crippen LogP contribution in [-0.4, -0.2) is 17.4 Å². The number of nitrogens with one attached hydrogen (secondary N) is 1. The van der Waals surface area contributed by atoms with Crippen molar-refractivity contribution in [2.75, 3.05) is 0 Å². The van der Waals surface area contributed by atoms with E-state index in [2.05, 4.69) is 5.32 Å². The Balaban J connectivity index is 3.10. The highest BCUT2D eigenvalue weighted by atomic mass is 16.3. The number of aliphatic hydroxyl groups is 1. The van der Waals surface area contributed by atoms with Gasteiger partial charge in [0, 0.05) is 6.04 Å². The minimum absolute atomic E-state index is 0.324. The highest BCUT2D eigenvalue weighted by molar-refractivity contribution is 4.54. The molecule has 1 atom stereocenters. The molecule has 0 amide bonds. The standard InChI is InChI=1S/C6H15NO/c1-4-6(8)7-5(2)3/h5-8H,4H2,1-3H3/t6-/m0/s1. The summed E-state index contributed by atoms with van der Waals surface area (Å²) in [4.78, 5) is 0. The largest absolute Gasteiger partial charge is 0.379 e. The van der Waals surface area contributed by atoms with Crippen LogP contribution in [0.1, 0.15) is 27.2 Å². The molecule has 0 aliphatic rings. The summed E-state index contributed by atoms with van der Waals surface area (Å²) in [6.07, 6.45) is 0.452. The second-order valence-electron chi connectivity index (χ2n) is 2.25. The van der Waals surface area contributed by atoms with E-state index >= 15 is 0 Å². The van der Waals surface area contributed by atoms with Gasteiger partial charge in [-0.25, -0.2) is 0 Å². The van der Waals surface area contributed by atoms with Crippen molar-refractivity contribution in [2.24, 2.45) is 0 Å². The van der Waals surface area contributed by atoms with Crippen molar-refractivity contribution in [2.45, 2.75) is 39.5 Å². The normalized spacial score (nSPS) is 14.6. The van der Waals surface area contributed by atoms with E-state index in [9.17, 15) is 0 Å². The fourth-order valence-corrected chi connectivity index (χ4v) is 0.503. The first-order valence-electron chi connectivity index (χ1n) is 3.11. The van der Waals surface area contributed by atoms with E-state index in [1.807, 2.05) is 20.8 Å². The quantitative estimate of drug-likeness (QED) is 0.534. The van der Waals surface area contributed by atoms with Gasteiger partial charge >= 0.3 is 0 Å². The summed E-state index contributed by atoms with van der Waals surface area (Å²) >= 11 is 0. The van der Waals surface area contributed by atoms with Crippen LogP contribution in [-0.2, 0) is 0 Å². The Labute approximate surface area is 50.9 Å². The summed E-state index contributed by atoms with van der Waals surface area (Å²) in [7, 11) is 0. The molecule has 0 aliphatic carbocycles. The molecule has 0 radical (unpaired) electrons. The van der Waals surface area contributed by atoms with E-state index in [0.717, 1.165) is 6.42 Å². The second kappa shape index (κ2) is 3.87. The van der Waals surface area contributed by atoms with Gasteiger partial charge in [0.2, 0.25) is 0 Å². The van der Waals surface area contributed by atoms with E-state index in [-0.39, 0.29) is 6.23 Å². The molecular formula is C6H15NO. The predicted molar refractivity (Wildman–Crippen MR) is 34.6 cm³/mol. The van der Waals surface area contributed by atoms with Crippen LogP contribution in [0.15, 0.2) is 0 Å². The van der Waals surface area contributed by atoms with E-state index in [4.69, 9.17) is 5.11 Å². The van der Waals surface area contributed by atoms with Gasteiger partial charge in [-0.05, 0) is 20.3 Å². The zero-order valence-corrected chi connectivity index (χ0v) is 5.81. The molecule has 0 aliphatic heterocycles. The molecule has 0 bridgehead atoms.